The van der Waals surface area contributed by atoms with Crippen molar-refractivity contribution in [1.29, 1.82) is 0 Å². The van der Waals surface area contributed by atoms with Gasteiger partial charge in [0.1, 0.15) is 0 Å². The fraction of sp³-hybridized carbons (Fsp3) is 0.571. The highest BCUT2D eigenvalue weighted by Gasteiger charge is 1.35. The van der Waals surface area contributed by atoms with Crippen molar-refractivity contribution in [1.82, 2.24) is 0 Å². The molecular weight excluding hydrogens is 211 g/mol. The van der Waals surface area contributed by atoms with Crippen LogP contribution in [0.3, 0.4) is 0 Å². The van der Waals surface area contributed by atoms with Crippen LogP contribution < -0.4 is 0 Å². The van der Waals surface area contributed by atoms with E-state index in [0.29, 0.717) is 20.7 Å². The summed E-state index contributed by atoms with van der Waals surface area (Å²) < 4.78 is 3.60. The van der Waals surface area contributed by atoms with E-state index in [1.165, 1.54) is 6.42 Å². The predicted octanol–water partition coefficient (Wildman–Crippen LogP) is 3.24. The number of hydrogen-bond acceptors (Lipinski definition) is 0. The lowest BCUT2D eigenvalue weighted by molar-refractivity contribution is 1.09. The zero-order valence-electron chi connectivity index (χ0n) is 6.21. The van der Waals surface area contributed by atoms with E-state index < -0.39 is 0 Å². The van der Waals surface area contributed by atoms with E-state index in [0.717, 1.165) is 0 Å². The van der Waals surface area contributed by atoms with Gasteiger partial charge in [0.15, 0.2) is 0 Å². The molecule has 0 saturated heterocycles. The second-order valence-electron chi connectivity index (χ2n) is 0.974. The van der Waals surface area contributed by atoms with Gasteiger partial charge < -0.3 is 0 Å². The molecule has 0 spiro atoms. The number of rotatable bonds is 0. The Morgan fingerprint density at radius 1 is 1.25 bits per heavy atom. The summed E-state index contributed by atoms with van der Waals surface area (Å²) in [6, 6.07) is 0. The topological polar surface area (TPSA) is 0 Å². The first-order chi connectivity index (χ1) is 3.83. The van der Waals surface area contributed by atoms with Crippen LogP contribution >= 0.6 is 20.7 Å². The second kappa shape index (κ2) is 53.9. The van der Waals surface area contributed by atoms with E-state index >= 15 is 0 Å². The fourth-order valence-electron chi connectivity index (χ4n) is 0. The van der Waals surface area contributed by atoms with Gasteiger partial charge in [0, 0.05) is 0 Å². The standard InChI is InChI=1S/C3H8.C2H5I.C2H4/c2*1-3-2;1-2/h3H2,1-2H3;1H2,2H3;1-2H2. The summed E-state index contributed by atoms with van der Waals surface area (Å²) in [5.74, 6) is 0. The lowest BCUT2D eigenvalue weighted by atomic mass is 10.6. The summed E-state index contributed by atoms with van der Waals surface area (Å²) in [5.41, 5.74) is 0. The van der Waals surface area contributed by atoms with Crippen molar-refractivity contribution < 1.29 is 0 Å². The summed E-state index contributed by atoms with van der Waals surface area (Å²) in [6.45, 7) is 10.2. The third-order valence-corrected chi connectivity index (χ3v) is 0. The Labute approximate surface area is 63.7 Å². The molecule has 0 aromatic rings. The second-order valence-corrected chi connectivity index (χ2v) is 2.50. The summed E-state index contributed by atoms with van der Waals surface area (Å²) in [6.07, 6.45) is 1.25. The number of hydrogen-bond donors (Lipinski definition) is 0. The maximum Gasteiger partial charge on any atom is -0.0174 e. The minimum absolute atomic E-state index is 0.340. The zero-order chi connectivity index (χ0) is 7.41. The third kappa shape index (κ3) is 1560. The Balaban J connectivity index is -0.0000000483. The van der Waals surface area contributed by atoms with Crippen LogP contribution in [0.2, 0.25) is 0 Å². The van der Waals surface area contributed by atoms with E-state index in [9.17, 15) is 0 Å². The van der Waals surface area contributed by atoms with Gasteiger partial charge in [-0.3, -0.25) is 0 Å². The van der Waals surface area contributed by atoms with E-state index in [-0.39, 0.29) is 0 Å². The van der Waals surface area contributed by atoms with Crippen LogP contribution in [0.15, 0.2) is 13.2 Å². The Bertz CT molecular complexity index is 25.6. The molecule has 8 heavy (non-hydrogen) atoms. The molecule has 0 aliphatic carbocycles. The van der Waals surface area contributed by atoms with Crippen molar-refractivity contribution in [3.63, 3.8) is 0 Å². The molecule has 0 fully saturated rings. The van der Waals surface area contributed by atoms with Gasteiger partial charge in [0.25, 0.3) is 0 Å². The van der Waals surface area contributed by atoms with Crippen LogP contribution in [0.4, 0.5) is 0 Å². The normalized spacial score (nSPS) is 4.88. The average molecular weight is 228 g/mol. The Morgan fingerprint density at radius 3 is 1.25 bits per heavy atom. The largest absolute Gasteiger partial charge is 0.134 e. The molecule has 0 amide bonds. The van der Waals surface area contributed by atoms with Crippen molar-refractivity contribution in [2.45, 2.75) is 20.3 Å². The molecule has 1 heteroatoms. The van der Waals surface area contributed by atoms with Gasteiger partial charge in [0.05, 0.1) is 0 Å². The van der Waals surface area contributed by atoms with Crippen LogP contribution in [0, 0.1) is 0 Å². The molecule has 0 aromatic carbocycles. The summed E-state index contributed by atoms with van der Waals surface area (Å²) in [7, 11) is 0. The predicted molar refractivity (Wildman–Crippen MR) is 54.3 cm³/mol. The minimum atomic E-state index is 0.340. The van der Waals surface area contributed by atoms with Gasteiger partial charge >= 0.3 is 0 Å². The van der Waals surface area contributed by atoms with Crippen molar-refractivity contribution in [3.8, 4) is 0 Å². The molecule has 0 saturated carbocycles. The minimum Gasteiger partial charge on any atom is -0.134 e. The summed E-state index contributed by atoms with van der Waals surface area (Å²) >= 11 is 0.340. The Kier molecular flexibility index (Phi) is 106. The van der Waals surface area contributed by atoms with Crippen molar-refractivity contribution in [2.75, 3.05) is 4.93 Å². The molecule has 0 aliphatic rings. The van der Waals surface area contributed by atoms with Crippen LogP contribution in [0.25, 0.3) is 0 Å². The van der Waals surface area contributed by atoms with E-state index in [4.69, 9.17) is 0 Å². The third-order valence-electron chi connectivity index (χ3n) is 0. The van der Waals surface area contributed by atoms with Crippen molar-refractivity contribution >= 4 is 25.2 Å². The molecule has 52 valence electrons. The SMILES string of the molecule is C=C.C=IC.CCC. The zero-order valence-corrected chi connectivity index (χ0v) is 8.36. The monoisotopic (exact) mass is 228 g/mol. The summed E-state index contributed by atoms with van der Waals surface area (Å²) in [5, 5.41) is 0. The average Bonchev–Trinajstić information content (AvgIpc) is 1.75. The highest BCUT2D eigenvalue weighted by Crippen LogP contribution is 1.67. The van der Waals surface area contributed by atoms with E-state index in [2.05, 4.69) is 36.5 Å². The molecule has 0 nitrogen and oxygen atoms in total. The smallest absolute Gasteiger partial charge is 0.0174 e. The molecule has 0 aromatic heterocycles. The number of alkyl halides is 1. The van der Waals surface area contributed by atoms with Crippen LogP contribution in [-0.4, -0.2) is 9.45 Å². The Morgan fingerprint density at radius 2 is 1.25 bits per heavy atom. The highest BCUT2D eigenvalue weighted by molar-refractivity contribution is 14.2. The van der Waals surface area contributed by atoms with Gasteiger partial charge in [-0.05, 0) is 4.93 Å². The number of halogens is 1. The van der Waals surface area contributed by atoms with E-state index in [1.807, 2.05) is 0 Å². The molecule has 0 heterocycles. The van der Waals surface area contributed by atoms with Crippen LogP contribution in [0.1, 0.15) is 20.3 Å². The first-order valence-corrected chi connectivity index (χ1v) is 6.24. The van der Waals surface area contributed by atoms with Crippen molar-refractivity contribution in [2.24, 2.45) is 0 Å². The quantitative estimate of drug-likeness (QED) is 0.339. The maximum absolute atomic E-state index is 3.60. The van der Waals surface area contributed by atoms with Crippen LogP contribution in [-0.2, 0) is 0 Å². The lowest BCUT2D eigenvalue weighted by Crippen LogP contribution is -1.27. The first-order valence-electron chi connectivity index (χ1n) is 2.56. The van der Waals surface area contributed by atoms with Gasteiger partial charge in [-0.25, -0.2) is 0 Å². The molecule has 0 N–H and O–H groups in total. The highest BCUT2D eigenvalue weighted by atomic mass is 127. The van der Waals surface area contributed by atoms with Gasteiger partial charge in [-0.2, -0.15) is 0 Å². The molecule has 0 bridgehead atoms. The lowest BCUT2D eigenvalue weighted by Gasteiger charge is -1.48. The summed E-state index contributed by atoms with van der Waals surface area (Å²) in [4.78, 5) is 2.12. The van der Waals surface area contributed by atoms with Gasteiger partial charge in [-0.1, -0.05) is 24.8 Å². The molecule has 0 aliphatic heterocycles. The first kappa shape index (κ1) is 15.8. The molecule has 0 unspecified atom stereocenters. The molecule has 0 rings (SSSR count). The molecular formula is C7H17I. The fourth-order valence-corrected chi connectivity index (χ4v) is 0. The van der Waals surface area contributed by atoms with E-state index in [1.54, 1.807) is 0 Å². The molecule has 0 atom stereocenters. The van der Waals surface area contributed by atoms with Crippen molar-refractivity contribution in [3.05, 3.63) is 13.2 Å². The molecule has 0 radical (unpaired) electrons. The maximum atomic E-state index is 3.60. The van der Waals surface area contributed by atoms with Gasteiger partial charge in [0.2, 0.25) is 0 Å². The van der Waals surface area contributed by atoms with Crippen LogP contribution in [0.5, 0.6) is 0 Å². The van der Waals surface area contributed by atoms with Gasteiger partial charge in [-0.15, -0.1) is 33.9 Å². The Hall–Kier alpha value is 0.340.